The minimum atomic E-state index is -0.0775. The number of aliphatic hydroxyl groups excluding tert-OH is 1. The van der Waals surface area contributed by atoms with Gasteiger partial charge in [0.25, 0.3) is 0 Å². The van der Waals surface area contributed by atoms with E-state index in [9.17, 15) is 5.11 Å². The van der Waals surface area contributed by atoms with Gasteiger partial charge in [0.1, 0.15) is 5.75 Å². The SMILES string of the molecule is CC1c2cc(O)c(CO)cc21.CCC1CCNCC1.Nc1ccc2[nH]ccc2c1. The second-order valence-electron chi connectivity index (χ2n) is 7.92. The second kappa shape index (κ2) is 9.81. The number of fused-ring (bicyclic) bond motifs is 2. The van der Waals surface area contributed by atoms with E-state index >= 15 is 0 Å². The van der Waals surface area contributed by atoms with Crippen LogP contribution in [0.4, 0.5) is 5.69 Å². The van der Waals surface area contributed by atoms with Crippen molar-refractivity contribution in [3.63, 3.8) is 0 Å². The summed E-state index contributed by atoms with van der Waals surface area (Å²) in [5, 5.41) is 22.6. The topological polar surface area (TPSA) is 94.3 Å². The van der Waals surface area contributed by atoms with Gasteiger partial charge < -0.3 is 26.2 Å². The molecule has 5 nitrogen and oxygen atoms in total. The van der Waals surface area contributed by atoms with Gasteiger partial charge in [-0.3, -0.25) is 0 Å². The van der Waals surface area contributed by atoms with Crippen molar-refractivity contribution in [3.8, 4) is 5.75 Å². The molecule has 6 N–H and O–H groups in total. The smallest absolute Gasteiger partial charge is 0.121 e. The van der Waals surface area contributed by atoms with Crippen molar-refractivity contribution in [1.29, 1.82) is 0 Å². The van der Waals surface area contributed by atoms with Crippen LogP contribution in [0.1, 0.15) is 55.7 Å². The maximum atomic E-state index is 9.28. The molecule has 1 fully saturated rings. The quantitative estimate of drug-likeness (QED) is 0.413. The molecule has 0 bridgehead atoms. The number of benzene rings is 2. The third-order valence-corrected chi connectivity index (χ3v) is 5.92. The van der Waals surface area contributed by atoms with Gasteiger partial charge >= 0.3 is 0 Å². The van der Waals surface area contributed by atoms with E-state index in [2.05, 4.69) is 24.1 Å². The summed E-state index contributed by atoms with van der Waals surface area (Å²) < 4.78 is 0. The fraction of sp³-hybridized carbons (Fsp3) is 0.417. The highest BCUT2D eigenvalue weighted by atomic mass is 16.3. The number of nitrogen functional groups attached to an aromatic ring is 1. The molecule has 1 atom stereocenters. The van der Waals surface area contributed by atoms with Crippen LogP contribution in [-0.4, -0.2) is 28.3 Å². The lowest BCUT2D eigenvalue weighted by atomic mass is 9.96. The molecule has 2 heterocycles. The summed E-state index contributed by atoms with van der Waals surface area (Å²) in [6.07, 6.45) is 6.08. The van der Waals surface area contributed by atoms with Crippen molar-refractivity contribution < 1.29 is 10.2 Å². The van der Waals surface area contributed by atoms with E-state index in [1.165, 1.54) is 48.9 Å². The maximum absolute atomic E-state index is 9.28. The highest BCUT2D eigenvalue weighted by Gasteiger charge is 2.29. The predicted molar refractivity (Wildman–Crippen MR) is 120 cm³/mol. The molecule has 1 aliphatic heterocycles. The monoisotopic (exact) mass is 395 g/mol. The average molecular weight is 396 g/mol. The molecule has 2 aliphatic rings. The fourth-order valence-corrected chi connectivity index (χ4v) is 3.79. The molecular formula is C24H33N3O2. The number of aromatic hydroxyl groups is 1. The third kappa shape index (κ3) is 5.52. The number of aromatic nitrogens is 1. The molecule has 1 unspecified atom stereocenters. The van der Waals surface area contributed by atoms with E-state index in [0.717, 1.165) is 17.1 Å². The lowest BCUT2D eigenvalue weighted by Gasteiger charge is -2.20. The zero-order chi connectivity index (χ0) is 20.8. The minimum absolute atomic E-state index is 0.0775. The molecule has 0 radical (unpaired) electrons. The summed E-state index contributed by atoms with van der Waals surface area (Å²) in [6.45, 7) is 6.80. The van der Waals surface area contributed by atoms with E-state index in [1.807, 2.05) is 36.5 Å². The molecule has 2 aromatic carbocycles. The van der Waals surface area contributed by atoms with Gasteiger partial charge in [0.05, 0.1) is 6.61 Å². The number of nitrogens with two attached hydrogens (primary N) is 1. The van der Waals surface area contributed by atoms with Crippen LogP contribution >= 0.6 is 0 Å². The van der Waals surface area contributed by atoms with E-state index in [0.29, 0.717) is 11.5 Å². The zero-order valence-electron chi connectivity index (χ0n) is 17.4. The molecule has 29 heavy (non-hydrogen) atoms. The van der Waals surface area contributed by atoms with E-state index in [1.54, 1.807) is 6.07 Å². The Kier molecular flexibility index (Phi) is 7.18. The Hall–Kier alpha value is -2.50. The summed E-state index contributed by atoms with van der Waals surface area (Å²) in [5.41, 5.74) is 10.6. The molecule has 5 rings (SSSR count). The molecule has 1 aromatic heterocycles. The molecule has 3 aromatic rings. The lowest BCUT2D eigenvalue weighted by molar-refractivity contribution is 0.275. The van der Waals surface area contributed by atoms with Crippen LogP contribution < -0.4 is 11.1 Å². The standard InChI is InChI=1S/C9H10O2.C8H8N2.C7H15N/c1-5-7-2-6(4-10)9(11)3-8(5)7;9-7-1-2-8-6(5-7)3-4-10-8;1-2-7-3-5-8-6-4-7/h2-3,5,10-11H,4H2,1H3;1-5,10H,9H2;7-8H,2-6H2,1H3. The second-order valence-corrected chi connectivity index (χ2v) is 7.92. The summed E-state index contributed by atoms with van der Waals surface area (Å²) in [6, 6.07) is 11.4. The molecule has 0 amide bonds. The van der Waals surface area contributed by atoms with Crippen molar-refractivity contribution in [2.24, 2.45) is 5.92 Å². The highest BCUT2D eigenvalue weighted by molar-refractivity contribution is 5.82. The number of aromatic amines is 1. The van der Waals surface area contributed by atoms with Crippen LogP contribution in [0.3, 0.4) is 0 Å². The van der Waals surface area contributed by atoms with E-state index in [4.69, 9.17) is 10.8 Å². The van der Waals surface area contributed by atoms with Crippen LogP contribution in [-0.2, 0) is 6.61 Å². The first-order valence-electron chi connectivity index (χ1n) is 10.5. The number of piperidine rings is 1. The predicted octanol–water partition coefficient (Wildman–Crippen LogP) is 4.50. The number of nitrogens with one attached hydrogen (secondary N) is 2. The first-order valence-corrected chi connectivity index (χ1v) is 10.5. The number of phenols is 1. The zero-order valence-corrected chi connectivity index (χ0v) is 17.4. The Morgan fingerprint density at radius 1 is 1.07 bits per heavy atom. The Balaban J connectivity index is 0.000000126. The van der Waals surface area contributed by atoms with Crippen LogP contribution in [0, 0.1) is 5.92 Å². The van der Waals surface area contributed by atoms with Crippen molar-refractivity contribution in [2.45, 2.75) is 45.6 Å². The van der Waals surface area contributed by atoms with Gasteiger partial charge in [0.15, 0.2) is 0 Å². The molecule has 5 heteroatoms. The van der Waals surface area contributed by atoms with E-state index < -0.39 is 0 Å². The van der Waals surface area contributed by atoms with E-state index in [-0.39, 0.29) is 12.4 Å². The normalized spacial score (nSPS) is 17.6. The van der Waals surface area contributed by atoms with Crippen molar-refractivity contribution >= 4 is 16.6 Å². The summed E-state index contributed by atoms with van der Waals surface area (Å²) in [4.78, 5) is 3.09. The molecule has 0 spiro atoms. The molecule has 1 aliphatic carbocycles. The van der Waals surface area contributed by atoms with Gasteiger partial charge in [-0.2, -0.15) is 0 Å². The molecule has 156 valence electrons. The largest absolute Gasteiger partial charge is 0.508 e. The summed E-state index contributed by atoms with van der Waals surface area (Å²) in [5.74, 6) is 1.73. The van der Waals surface area contributed by atoms with Crippen molar-refractivity contribution in [1.82, 2.24) is 10.3 Å². The van der Waals surface area contributed by atoms with Gasteiger partial charge in [-0.15, -0.1) is 0 Å². The van der Waals surface area contributed by atoms with Gasteiger partial charge in [0, 0.05) is 34.3 Å². The first-order chi connectivity index (χ1) is 14.0. The number of hydrogen-bond donors (Lipinski definition) is 5. The fourth-order valence-electron chi connectivity index (χ4n) is 3.79. The van der Waals surface area contributed by atoms with Gasteiger partial charge in [-0.25, -0.2) is 0 Å². The summed E-state index contributed by atoms with van der Waals surface area (Å²) >= 11 is 0. The van der Waals surface area contributed by atoms with Crippen LogP contribution in [0.15, 0.2) is 42.6 Å². The summed E-state index contributed by atoms with van der Waals surface area (Å²) in [7, 11) is 0. The van der Waals surface area contributed by atoms with Gasteiger partial charge in [0.2, 0.25) is 0 Å². The van der Waals surface area contributed by atoms with Crippen LogP contribution in [0.2, 0.25) is 0 Å². The Bertz CT molecular complexity index is 929. The lowest BCUT2D eigenvalue weighted by Crippen LogP contribution is -2.27. The van der Waals surface area contributed by atoms with Gasteiger partial charge in [-0.1, -0.05) is 20.3 Å². The van der Waals surface area contributed by atoms with Gasteiger partial charge in [-0.05, 0) is 79.4 Å². The molecule has 1 saturated heterocycles. The van der Waals surface area contributed by atoms with Crippen LogP contribution in [0.5, 0.6) is 5.75 Å². The number of aliphatic hydroxyl groups is 1. The number of H-pyrrole nitrogens is 1. The molecular weight excluding hydrogens is 362 g/mol. The Labute approximate surface area is 173 Å². The highest BCUT2D eigenvalue weighted by Crippen LogP contribution is 2.45. The third-order valence-electron chi connectivity index (χ3n) is 5.92. The Morgan fingerprint density at radius 2 is 1.79 bits per heavy atom. The number of anilines is 1. The average Bonchev–Trinajstić information content (AvgIpc) is 3.14. The minimum Gasteiger partial charge on any atom is -0.508 e. The first kappa shape index (κ1) is 21.2. The molecule has 0 saturated carbocycles. The Morgan fingerprint density at radius 3 is 2.45 bits per heavy atom. The number of rotatable bonds is 2. The number of hydrogen-bond acceptors (Lipinski definition) is 4. The maximum Gasteiger partial charge on any atom is 0.121 e. The van der Waals surface area contributed by atoms with Crippen molar-refractivity contribution in [3.05, 3.63) is 59.3 Å². The van der Waals surface area contributed by atoms with Crippen LogP contribution in [0.25, 0.3) is 10.9 Å². The van der Waals surface area contributed by atoms with Crippen molar-refractivity contribution in [2.75, 3.05) is 18.8 Å².